The molecule has 2 aromatic carbocycles. The van der Waals surface area contributed by atoms with Gasteiger partial charge in [-0.15, -0.1) is 0 Å². The predicted molar refractivity (Wildman–Crippen MR) is 76.3 cm³/mol. The summed E-state index contributed by atoms with van der Waals surface area (Å²) in [6.07, 6.45) is 0. The lowest BCUT2D eigenvalue weighted by Crippen LogP contribution is -1.83. The van der Waals surface area contributed by atoms with Crippen LogP contribution in [0.25, 0.3) is 22.4 Å². The number of aromatic nitrogens is 2. The molecule has 0 amide bonds. The first kappa shape index (κ1) is 11.6. The predicted octanol–water partition coefficient (Wildman–Crippen LogP) is 4.85. The van der Waals surface area contributed by atoms with Crippen LogP contribution in [0.15, 0.2) is 36.4 Å². The first-order valence-electron chi connectivity index (χ1n) is 5.56. The van der Waals surface area contributed by atoms with E-state index in [2.05, 4.69) is 16.0 Å². The lowest BCUT2D eigenvalue weighted by Gasteiger charge is -2.02. The number of fused-ring (bicyclic) bond motifs is 1. The number of hydrogen-bond donors (Lipinski definition) is 1. The van der Waals surface area contributed by atoms with Gasteiger partial charge in [0.1, 0.15) is 5.82 Å². The Kier molecular flexibility index (Phi) is 2.77. The van der Waals surface area contributed by atoms with E-state index in [1.165, 1.54) is 5.56 Å². The molecule has 18 heavy (non-hydrogen) atoms. The Morgan fingerprint density at radius 3 is 2.50 bits per heavy atom. The molecule has 1 heterocycles. The van der Waals surface area contributed by atoms with E-state index in [1.807, 2.05) is 25.1 Å². The standard InChI is InChI=1S/C14H10Cl2N2/c1-8-5-6-11-12(7-8)18-14(17-11)13-9(15)3-2-4-10(13)16/h2-7H,1H3,(H,17,18). The lowest BCUT2D eigenvalue weighted by atomic mass is 10.2. The maximum absolute atomic E-state index is 6.18. The Labute approximate surface area is 115 Å². The van der Waals surface area contributed by atoms with E-state index in [0.717, 1.165) is 16.6 Å². The van der Waals surface area contributed by atoms with Crippen LogP contribution in [0.4, 0.5) is 0 Å². The minimum Gasteiger partial charge on any atom is -0.338 e. The number of nitrogens with zero attached hydrogens (tertiary/aromatic N) is 1. The maximum atomic E-state index is 6.18. The van der Waals surface area contributed by atoms with E-state index in [1.54, 1.807) is 12.1 Å². The number of imidazole rings is 1. The lowest BCUT2D eigenvalue weighted by molar-refractivity contribution is 1.34. The van der Waals surface area contributed by atoms with Crippen LogP contribution in [-0.2, 0) is 0 Å². The Morgan fingerprint density at radius 1 is 1.06 bits per heavy atom. The molecule has 0 saturated heterocycles. The highest BCUT2D eigenvalue weighted by atomic mass is 35.5. The van der Waals surface area contributed by atoms with Crippen molar-refractivity contribution in [1.29, 1.82) is 0 Å². The number of aromatic amines is 1. The molecule has 0 atom stereocenters. The molecule has 0 radical (unpaired) electrons. The van der Waals surface area contributed by atoms with Crippen molar-refractivity contribution in [2.45, 2.75) is 6.92 Å². The molecule has 0 unspecified atom stereocenters. The zero-order valence-electron chi connectivity index (χ0n) is 9.67. The second-order valence-corrected chi connectivity index (χ2v) is 5.02. The maximum Gasteiger partial charge on any atom is 0.141 e. The molecule has 0 aliphatic heterocycles. The number of hydrogen-bond acceptors (Lipinski definition) is 1. The fourth-order valence-corrected chi connectivity index (χ4v) is 2.54. The van der Waals surface area contributed by atoms with Crippen molar-refractivity contribution in [1.82, 2.24) is 9.97 Å². The molecule has 0 fully saturated rings. The van der Waals surface area contributed by atoms with Crippen molar-refractivity contribution < 1.29 is 0 Å². The molecule has 0 aliphatic rings. The molecule has 0 aliphatic carbocycles. The summed E-state index contributed by atoms with van der Waals surface area (Å²) >= 11 is 12.4. The van der Waals surface area contributed by atoms with E-state index in [9.17, 15) is 0 Å². The number of aryl methyl sites for hydroxylation is 1. The highest BCUT2D eigenvalue weighted by Gasteiger charge is 2.12. The van der Waals surface area contributed by atoms with Crippen LogP contribution in [0.3, 0.4) is 0 Å². The zero-order valence-corrected chi connectivity index (χ0v) is 11.2. The molecule has 3 aromatic rings. The van der Waals surface area contributed by atoms with Crippen LogP contribution in [0.2, 0.25) is 10.0 Å². The van der Waals surface area contributed by atoms with Gasteiger partial charge >= 0.3 is 0 Å². The molecule has 0 spiro atoms. The third-order valence-corrected chi connectivity index (χ3v) is 3.47. The zero-order chi connectivity index (χ0) is 12.7. The topological polar surface area (TPSA) is 28.7 Å². The first-order valence-corrected chi connectivity index (χ1v) is 6.31. The summed E-state index contributed by atoms with van der Waals surface area (Å²) in [6, 6.07) is 11.5. The molecule has 1 aromatic heterocycles. The van der Waals surface area contributed by atoms with Crippen LogP contribution in [0, 0.1) is 6.92 Å². The van der Waals surface area contributed by atoms with Crippen LogP contribution in [0.5, 0.6) is 0 Å². The quantitative estimate of drug-likeness (QED) is 0.677. The second-order valence-electron chi connectivity index (χ2n) is 4.20. The normalized spacial score (nSPS) is 11.1. The number of benzene rings is 2. The first-order chi connectivity index (χ1) is 8.65. The van der Waals surface area contributed by atoms with Crippen molar-refractivity contribution >= 4 is 34.2 Å². The number of nitrogens with one attached hydrogen (secondary N) is 1. The highest BCUT2D eigenvalue weighted by molar-refractivity contribution is 6.39. The highest BCUT2D eigenvalue weighted by Crippen LogP contribution is 2.33. The summed E-state index contributed by atoms with van der Waals surface area (Å²) in [7, 11) is 0. The average Bonchev–Trinajstić information content (AvgIpc) is 2.71. The smallest absolute Gasteiger partial charge is 0.141 e. The third kappa shape index (κ3) is 1.88. The van der Waals surface area contributed by atoms with Crippen LogP contribution in [0.1, 0.15) is 5.56 Å². The van der Waals surface area contributed by atoms with Crippen molar-refractivity contribution in [2.24, 2.45) is 0 Å². The Morgan fingerprint density at radius 2 is 1.78 bits per heavy atom. The molecule has 4 heteroatoms. The molecule has 3 rings (SSSR count). The summed E-state index contributed by atoms with van der Waals surface area (Å²) in [6.45, 7) is 2.04. The number of H-pyrrole nitrogens is 1. The number of halogens is 2. The van der Waals surface area contributed by atoms with Crippen LogP contribution >= 0.6 is 23.2 Å². The van der Waals surface area contributed by atoms with Crippen molar-refractivity contribution in [3.63, 3.8) is 0 Å². The Bertz CT molecular complexity index is 711. The minimum absolute atomic E-state index is 0.596. The van der Waals surface area contributed by atoms with Crippen LogP contribution in [-0.4, -0.2) is 9.97 Å². The van der Waals surface area contributed by atoms with Gasteiger partial charge < -0.3 is 4.98 Å². The molecule has 90 valence electrons. The van der Waals surface area contributed by atoms with E-state index >= 15 is 0 Å². The molecule has 0 saturated carbocycles. The molecule has 0 bridgehead atoms. The average molecular weight is 277 g/mol. The van der Waals surface area contributed by atoms with E-state index in [0.29, 0.717) is 15.9 Å². The van der Waals surface area contributed by atoms with Crippen molar-refractivity contribution in [3.8, 4) is 11.4 Å². The van der Waals surface area contributed by atoms with Crippen molar-refractivity contribution in [2.75, 3.05) is 0 Å². The second kappa shape index (κ2) is 4.30. The fraction of sp³-hybridized carbons (Fsp3) is 0.0714. The van der Waals surface area contributed by atoms with Gasteiger partial charge in [0.15, 0.2) is 0 Å². The monoisotopic (exact) mass is 276 g/mol. The molecular weight excluding hydrogens is 267 g/mol. The summed E-state index contributed by atoms with van der Waals surface area (Å²) in [5, 5.41) is 1.19. The van der Waals surface area contributed by atoms with Gasteiger partial charge in [0.2, 0.25) is 0 Å². The minimum atomic E-state index is 0.596. The van der Waals surface area contributed by atoms with Gasteiger partial charge in [-0.25, -0.2) is 4.98 Å². The van der Waals surface area contributed by atoms with Gasteiger partial charge in [-0.3, -0.25) is 0 Å². The van der Waals surface area contributed by atoms with Gasteiger partial charge in [0.05, 0.1) is 26.6 Å². The van der Waals surface area contributed by atoms with E-state index in [4.69, 9.17) is 23.2 Å². The van der Waals surface area contributed by atoms with Crippen molar-refractivity contribution in [3.05, 3.63) is 52.0 Å². The van der Waals surface area contributed by atoms with E-state index < -0.39 is 0 Å². The molecular formula is C14H10Cl2N2. The molecule has 2 nitrogen and oxygen atoms in total. The van der Waals surface area contributed by atoms with Gasteiger partial charge in [-0.1, -0.05) is 35.3 Å². The third-order valence-electron chi connectivity index (χ3n) is 2.84. The van der Waals surface area contributed by atoms with Crippen LogP contribution < -0.4 is 0 Å². The molecule has 1 N–H and O–H groups in total. The summed E-state index contributed by atoms with van der Waals surface area (Å²) in [4.78, 5) is 7.78. The summed E-state index contributed by atoms with van der Waals surface area (Å²) in [5.74, 6) is 0.700. The van der Waals surface area contributed by atoms with Gasteiger partial charge in [-0.05, 0) is 36.8 Å². The van der Waals surface area contributed by atoms with E-state index in [-0.39, 0.29) is 0 Å². The van der Waals surface area contributed by atoms with Gasteiger partial charge in [0, 0.05) is 0 Å². The largest absolute Gasteiger partial charge is 0.338 e. The fourth-order valence-electron chi connectivity index (χ4n) is 1.97. The Hall–Kier alpha value is -1.51. The SMILES string of the molecule is Cc1ccc2nc(-c3c(Cl)cccc3Cl)[nH]c2c1. The Balaban J connectivity index is 2.26. The van der Waals surface area contributed by atoms with Gasteiger partial charge in [0.25, 0.3) is 0 Å². The summed E-state index contributed by atoms with van der Waals surface area (Å²) in [5.41, 5.74) is 3.82. The number of rotatable bonds is 1. The van der Waals surface area contributed by atoms with Gasteiger partial charge in [-0.2, -0.15) is 0 Å². The summed E-state index contributed by atoms with van der Waals surface area (Å²) < 4.78 is 0.